The van der Waals surface area contributed by atoms with Gasteiger partial charge in [-0.15, -0.1) is 0 Å². The van der Waals surface area contributed by atoms with Crippen LogP contribution in [0.1, 0.15) is 29.0 Å². The van der Waals surface area contributed by atoms with E-state index in [4.69, 9.17) is 26.0 Å². The average molecular weight is 379 g/mol. The number of carboxylic acid groups (broad SMARTS) is 1. The number of ether oxygens (including phenoxy) is 1. The van der Waals surface area contributed by atoms with Gasteiger partial charge in [0.15, 0.2) is 0 Å². The van der Waals surface area contributed by atoms with Crippen LogP contribution in [0.25, 0.3) is 11.3 Å². The second kappa shape index (κ2) is 7.47. The van der Waals surface area contributed by atoms with Crippen LogP contribution in [-0.2, 0) is 9.53 Å². The molecule has 2 unspecified atom stereocenters. The van der Waals surface area contributed by atoms with Gasteiger partial charge in [-0.1, -0.05) is 35.0 Å². The van der Waals surface area contributed by atoms with Crippen molar-refractivity contribution in [2.45, 2.75) is 31.9 Å². The highest BCUT2D eigenvalue weighted by Gasteiger charge is 2.39. The molecule has 0 spiro atoms. The van der Waals surface area contributed by atoms with Crippen molar-refractivity contribution in [3.05, 3.63) is 40.6 Å². The molecule has 0 radical (unpaired) electrons. The second-order valence-electron chi connectivity index (χ2n) is 6.24. The third-order valence-corrected chi connectivity index (χ3v) is 4.92. The maximum absolute atomic E-state index is 13.2. The highest BCUT2D eigenvalue weighted by Crippen LogP contribution is 2.33. The molecule has 2 heterocycles. The number of aliphatic carboxylic acids is 1. The van der Waals surface area contributed by atoms with Gasteiger partial charge in [0, 0.05) is 25.3 Å². The van der Waals surface area contributed by atoms with Crippen molar-refractivity contribution in [3.8, 4) is 11.3 Å². The lowest BCUT2D eigenvalue weighted by atomic mass is 10.0. The van der Waals surface area contributed by atoms with E-state index in [1.165, 1.54) is 4.90 Å². The first kappa shape index (κ1) is 18.4. The molecule has 26 heavy (non-hydrogen) atoms. The van der Waals surface area contributed by atoms with Gasteiger partial charge in [0.2, 0.25) is 0 Å². The number of amides is 1. The van der Waals surface area contributed by atoms with Crippen molar-refractivity contribution in [2.24, 2.45) is 0 Å². The first-order valence-corrected chi connectivity index (χ1v) is 8.56. The van der Waals surface area contributed by atoms with Gasteiger partial charge in [-0.05, 0) is 19.4 Å². The summed E-state index contributed by atoms with van der Waals surface area (Å²) >= 11 is 6.24. The number of hydrogen-bond donors (Lipinski definition) is 1. The van der Waals surface area contributed by atoms with Gasteiger partial charge in [0.1, 0.15) is 17.0 Å². The molecule has 1 amide bonds. The normalized spacial score (nSPS) is 19.7. The van der Waals surface area contributed by atoms with Gasteiger partial charge in [-0.25, -0.2) is 0 Å². The molecule has 1 aliphatic heterocycles. The minimum Gasteiger partial charge on any atom is -0.481 e. The number of halogens is 1. The third kappa shape index (κ3) is 3.45. The molecule has 1 aromatic heterocycles. The Kier molecular flexibility index (Phi) is 5.29. The van der Waals surface area contributed by atoms with E-state index in [-0.39, 0.29) is 18.4 Å². The van der Waals surface area contributed by atoms with Crippen LogP contribution in [-0.4, -0.2) is 52.8 Å². The fourth-order valence-electron chi connectivity index (χ4n) is 3.29. The Hall–Kier alpha value is -2.38. The zero-order chi connectivity index (χ0) is 18.8. The summed E-state index contributed by atoms with van der Waals surface area (Å²) in [4.78, 5) is 25.9. The van der Waals surface area contributed by atoms with E-state index in [0.717, 1.165) is 0 Å². The van der Waals surface area contributed by atoms with Gasteiger partial charge < -0.3 is 19.3 Å². The summed E-state index contributed by atoms with van der Waals surface area (Å²) in [7, 11) is 1.55. The largest absolute Gasteiger partial charge is 0.481 e. The van der Waals surface area contributed by atoms with Crippen LogP contribution in [0.4, 0.5) is 0 Å². The summed E-state index contributed by atoms with van der Waals surface area (Å²) in [5, 5.41) is 13.6. The van der Waals surface area contributed by atoms with Crippen LogP contribution in [0.3, 0.4) is 0 Å². The fourth-order valence-corrected chi connectivity index (χ4v) is 3.52. The molecule has 0 bridgehead atoms. The maximum Gasteiger partial charge on any atom is 0.305 e. The summed E-state index contributed by atoms with van der Waals surface area (Å²) in [5.41, 5.74) is 1.24. The summed E-state index contributed by atoms with van der Waals surface area (Å²) in [6, 6.07) is 6.60. The Bertz CT molecular complexity index is 835. The van der Waals surface area contributed by atoms with Crippen molar-refractivity contribution in [1.29, 1.82) is 0 Å². The Labute approximate surface area is 155 Å². The molecule has 1 aromatic carbocycles. The molecule has 8 heteroatoms. The monoisotopic (exact) mass is 378 g/mol. The molecule has 138 valence electrons. The minimum absolute atomic E-state index is 0.142. The van der Waals surface area contributed by atoms with Crippen molar-refractivity contribution in [3.63, 3.8) is 0 Å². The van der Waals surface area contributed by atoms with E-state index in [2.05, 4.69) is 5.16 Å². The highest BCUT2D eigenvalue weighted by atomic mass is 35.5. The minimum atomic E-state index is -0.960. The van der Waals surface area contributed by atoms with Gasteiger partial charge >= 0.3 is 5.97 Å². The number of carbonyl (C=O) groups excluding carboxylic acids is 1. The molecular weight excluding hydrogens is 360 g/mol. The number of carbonyl (C=O) groups is 2. The molecular formula is C18H19ClN2O5. The van der Waals surface area contributed by atoms with E-state index in [1.54, 1.807) is 38.3 Å². The molecule has 3 rings (SSSR count). The quantitative estimate of drug-likeness (QED) is 0.859. The maximum atomic E-state index is 13.2. The number of nitrogens with zero attached hydrogens (tertiary/aromatic N) is 2. The van der Waals surface area contributed by atoms with Crippen LogP contribution >= 0.6 is 11.6 Å². The van der Waals surface area contributed by atoms with Gasteiger partial charge in [-0.2, -0.15) is 0 Å². The zero-order valence-corrected chi connectivity index (χ0v) is 15.2. The van der Waals surface area contributed by atoms with E-state index < -0.39 is 12.0 Å². The van der Waals surface area contributed by atoms with Crippen LogP contribution < -0.4 is 0 Å². The molecule has 1 aliphatic rings. The zero-order valence-electron chi connectivity index (χ0n) is 14.4. The summed E-state index contributed by atoms with van der Waals surface area (Å²) in [5.74, 6) is -0.928. The first-order chi connectivity index (χ1) is 12.4. The SMILES string of the molecule is COC1CC(CC(=O)O)N(C(=O)c2c(-c3ccccc3Cl)noc2C)C1. The number of hydrogen-bond acceptors (Lipinski definition) is 5. The van der Waals surface area contributed by atoms with E-state index >= 15 is 0 Å². The number of rotatable bonds is 5. The van der Waals surface area contributed by atoms with Crippen molar-refractivity contribution in [2.75, 3.05) is 13.7 Å². The molecule has 1 N–H and O–H groups in total. The van der Waals surface area contributed by atoms with Gasteiger partial charge in [0.05, 0.1) is 17.5 Å². The predicted octanol–water partition coefficient (Wildman–Crippen LogP) is 3.01. The van der Waals surface area contributed by atoms with E-state index in [0.29, 0.717) is 40.6 Å². The lowest BCUT2D eigenvalue weighted by Crippen LogP contribution is -2.37. The van der Waals surface area contributed by atoms with Crippen LogP contribution in [0, 0.1) is 6.92 Å². The number of carboxylic acids is 1. The average Bonchev–Trinajstić information content (AvgIpc) is 3.18. The fraction of sp³-hybridized carbons (Fsp3) is 0.389. The molecule has 0 saturated carbocycles. The molecule has 0 aliphatic carbocycles. The van der Waals surface area contributed by atoms with Crippen molar-refractivity contribution < 1.29 is 24.0 Å². The molecule has 7 nitrogen and oxygen atoms in total. The number of methoxy groups -OCH3 is 1. The summed E-state index contributed by atoms with van der Waals surface area (Å²) < 4.78 is 10.6. The summed E-state index contributed by atoms with van der Waals surface area (Å²) in [6.07, 6.45) is 0.129. The molecule has 2 atom stereocenters. The smallest absolute Gasteiger partial charge is 0.305 e. The Balaban J connectivity index is 1.98. The van der Waals surface area contributed by atoms with E-state index in [9.17, 15) is 9.59 Å². The second-order valence-corrected chi connectivity index (χ2v) is 6.65. The highest BCUT2D eigenvalue weighted by molar-refractivity contribution is 6.33. The third-order valence-electron chi connectivity index (χ3n) is 4.59. The summed E-state index contributed by atoms with van der Waals surface area (Å²) in [6.45, 7) is 1.97. The number of likely N-dealkylation sites (tertiary alicyclic amines) is 1. The lowest BCUT2D eigenvalue weighted by molar-refractivity contribution is -0.137. The van der Waals surface area contributed by atoms with Gasteiger partial charge in [-0.3, -0.25) is 9.59 Å². The van der Waals surface area contributed by atoms with Crippen LogP contribution in [0.2, 0.25) is 5.02 Å². The Morgan fingerprint density at radius 3 is 2.81 bits per heavy atom. The predicted molar refractivity (Wildman–Crippen MR) is 94.2 cm³/mol. The van der Waals surface area contributed by atoms with Gasteiger partial charge in [0.25, 0.3) is 5.91 Å². The Morgan fingerprint density at radius 2 is 2.15 bits per heavy atom. The molecule has 2 aromatic rings. The lowest BCUT2D eigenvalue weighted by Gasteiger charge is -2.23. The Morgan fingerprint density at radius 1 is 1.42 bits per heavy atom. The molecule has 1 fully saturated rings. The number of benzene rings is 1. The van der Waals surface area contributed by atoms with Crippen LogP contribution in [0.5, 0.6) is 0 Å². The number of aromatic nitrogens is 1. The topological polar surface area (TPSA) is 92.9 Å². The number of aryl methyl sites for hydroxylation is 1. The van der Waals surface area contributed by atoms with Crippen molar-refractivity contribution >= 4 is 23.5 Å². The first-order valence-electron chi connectivity index (χ1n) is 8.19. The van der Waals surface area contributed by atoms with Crippen molar-refractivity contribution in [1.82, 2.24) is 10.1 Å². The standard InChI is InChI=1S/C18H19ClN2O5/c1-10-16(17(20-26-10)13-5-3-4-6-14(13)19)18(24)21-9-12(25-2)7-11(21)8-15(22)23/h3-6,11-12H,7-9H2,1-2H3,(H,22,23). The molecule has 1 saturated heterocycles. The van der Waals surface area contributed by atoms with E-state index in [1.807, 2.05) is 0 Å². The van der Waals surface area contributed by atoms with Crippen LogP contribution in [0.15, 0.2) is 28.8 Å².